The number of pyridine rings is 1. The molecule has 0 unspecified atom stereocenters. The summed E-state index contributed by atoms with van der Waals surface area (Å²) in [5.41, 5.74) is 0.872. The Hall–Kier alpha value is -2.45. The molecular formula is C17H21N3O4S. The van der Waals surface area contributed by atoms with Crippen molar-refractivity contribution >= 4 is 15.9 Å². The second-order valence-corrected chi connectivity index (χ2v) is 7.35. The summed E-state index contributed by atoms with van der Waals surface area (Å²) in [5, 5.41) is 2.71. The van der Waals surface area contributed by atoms with Crippen LogP contribution >= 0.6 is 0 Å². The first-order valence-corrected chi connectivity index (χ1v) is 9.22. The van der Waals surface area contributed by atoms with Gasteiger partial charge in [-0.25, -0.2) is 8.42 Å². The summed E-state index contributed by atoms with van der Waals surface area (Å²) in [4.78, 5) is 15.9. The predicted molar refractivity (Wildman–Crippen MR) is 93.5 cm³/mol. The number of carbonyl (C=O) groups is 1. The fourth-order valence-electron chi connectivity index (χ4n) is 2.14. The first kappa shape index (κ1) is 18.9. The van der Waals surface area contributed by atoms with Crippen LogP contribution in [0, 0.1) is 0 Å². The molecule has 2 rings (SSSR count). The fraction of sp³-hybridized carbons (Fsp3) is 0.294. The highest BCUT2D eigenvalue weighted by molar-refractivity contribution is 7.89. The molecule has 0 aliphatic rings. The van der Waals surface area contributed by atoms with Crippen molar-refractivity contribution in [1.29, 1.82) is 0 Å². The maximum atomic E-state index is 12.3. The van der Waals surface area contributed by atoms with Gasteiger partial charge in [-0.05, 0) is 36.8 Å². The van der Waals surface area contributed by atoms with Gasteiger partial charge in [-0.15, -0.1) is 0 Å². The molecule has 0 aliphatic heterocycles. The lowest BCUT2D eigenvalue weighted by Gasteiger charge is -2.16. The van der Waals surface area contributed by atoms with Crippen LogP contribution in [0.4, 0.5) is 0 Å². The molecular weight excluding hydrogens is 342 g/mol. The third kappa shape index (κ3) is 5.27. The SMILES string of the molecule is CCOc1cccc(CNC(=O)CN(C)S(=O)(=O)c2cccnc2)c1. The third-order valence-corrected chi connectivity index (χ3v) is 5.19. The zero-order chi connectivity index (χ0) is 18.3. The number of amides is 1. The van der Waals surface area contributed by atoms with Gasteiger partial charge in [0.15, 0.2) is 0 Å². The van der Waals surface area contributed by atoms with Crippen molar-refractivity contribution in [3.8, 4) is 5.75 Å². The topological polar surface area (TPSA) is 88.6 Å². The number of nitrogens with one attached hydrogen (secondary N) is 1. The Labute approximate surface area is 147 Å². The summed E-state index contributed by atoms with van der Waals surface area (Å²) >= 11 is 0. The van der Waals surface area contributed by atoms with Gasteiger partial charge in [0.1, 0.15) is 10.6 Å². The largest absolute Gasteiger partial charge is 0.494 e. The van der Waals surface area contributed by atoms with Crippen LogP contribution in [-0.2, 0) is 21.4 Å². The van der Waals surface area contributed by atoms with Crippen LogP contribution in [0.2, 0.25) is 0 Å². The lowest BCUT2D eigenvalue weighted by molar-refractivity contribution is -0.121. The zero-order valence-electron chi connectivity index (χ0n) is 14.2. The molecule has 0 aliphatic carbocycles. The molecule has 8 heteroatoms. The predicted octanol–water partition coefficient (Wildman–Crippen LogP) is 1.42. The number of rotatable bonds is 8. The van der Waals surface area contributed by atoms with E-state index in [4.69, 9.17) is 4.74 Å². The number of benzene rings is 1. The van der Waals surface area contributed by atoms with E-state index >= 15 is 0 Å². The Bertz CT molecular complexity index is 810. The van der Waals surface area contributed by atoms with E-state index in [0.29, 0.717) is 13.2 Å². The van der Waals surface area contributed by atoms with E-state index in [1.165, 1.54) is 31.6 Å². The van der Waals surface area contributed by atoms with Gasteiger partial charge in [-0.3, -0.25) is 9.78 Å². The molecule has 134 valence electrons. The number of hydrogen-bond acceptors (Lipinski definition) is 5. The normalized spacial score (nSPS) is 11.3. The van der Waals surface area contributed by atoms with Crippen molar-refractivity contribution in [3.05, 3.63) is 54.4 Å². The number of nitrogens with zero attached hydrogens (tertiary/aromatic N) is 2. The van der Waals surface area contributed by atoms with E-state index in [1.54, 1.807) is 0 Å². The Kier molecular flexibility index (Phi) is 6.49. The molecule has 1 aromatic carbocycles. The van der Waals surface area contributed by atoms with Crippen LogP contribution in [0.1, 0.15) is 12.5 Å². The molecule has 0 saturated carbocycles. The summed E-state index contributed by atoms with van der Waals surface area (Å²) in [5.74, 6) is 0.335. The Morgan fingerprint density at radius 1 is 1.28 bits per heavy atom. The minimum absolute atomic E-state index is 0.0507. The molecule has 7 nitrogen and oxygen atoms in total. The first-order valence-electron chi connectivity index (χ1n) is 7.78. The second kappa shape index (κ2) is 8.59. The van der Waals surface area contributed by atoms with E-state index in [2.05, 4.69) is 10.3 Å². The van der Waals surface area contributed by atoms with Crippen LogP contribution in [0.15, 0.2) is 53.7 Å². The maximum absolute atomic E-state index is 12.3. The van der Waals surface area contributed by atoms with Crippen molar-refractivity contribution in [2.45, 2.75) is 18.4 Å². The molecule has 0 radical (unpaired) electrons. The van der Waals surface area contributed by atoms with E-state index in [9.17, 15) is 13.2 Å². The van der Waals surface area contributed by atoms with Gasteiger partial charge in [0.25, 0.3) is 0 Å². The molecule has 1 aromatic heterocycles. The highest BCUT2D eigenvalue weighted by Crippen LogP contribution is 2.14. The molecule has 1 heterocycles. The van der Waals surface area contributed by atoms with Gasteiger partial charge >= 0.3 is 0 Å². The van der Waals surface area contributed by atoms with Crippen LogP contribution in [-0.4, -0.2) is 43.8 Å². The Morgan fingerprint density at radius 3 is 2.76 bits per heavy atom. The molecule has 0 fully saturated rings. The summed E-state index contributed by atoms with van der Waals surface area (Å²) in [7, 11) is -2.38. The summed E-state index contributed by atoms with van der Waals surface area (Å²) in [6, 6.07) is 10.3. The quantitative estimate of drug-likeness (QED) is 0.766. The van der Waals surface area contributed by atoms with Crippen LogP contribution < -0.4 is 10.1 Å². The number of carbonyl (C=O) groups excluding carboxylic acids is 1. The standard InChI is InChI=1S/C17H21N3O4S/c1-3-24-15-7-4-6-14(10-15)11-19-17(21)13-20(2)25(22,23)16-8-5-9-18-12-16/h4-10,12H,3,11,13H2,1-2H3,(H,19,21). The van der Waals surface area contributed by atoms with Gasteiger partial charge in [-0.2, -0.15) is 4.31 Å². The van der Waals surface area contributed by atoms with Gasteiger partial charge in [0.05, 0.1) is 13.2 Å². The minimum Gasteiger partial charge on any atom is -0.494 e. The van der Waals surface area contributed by atoms with Crippen LogP contribution in [0.3, 0.4) is 0 Å². The van der Waals surface area contributed by atoms with Crippen molar-refractivity contribution < 1.29 is 17.9 Å². The molecule has 0 saturated heterocycles. The number of aromatic nitrogens is 1. The van der Waals surface area contributed by atoms with Crippen molar-refractivity contribution in [1.82, 2.24) is 14.6 Å². The van der Waals surface area contributed by atoms with E-state index < -0.39 is 15.9 Å². The first-order chi connectivity index (χ1) is 11.9. The van der Waals surface area contributed by atoms with Gasteiger partial charge in [-0.1, -0.05) is 12.1 Å². The maximum Gasteiger partial charge on any atom is 0.244 e. The lowest BCUT2D eigenvalue weighted by atomic mass is 10.2. The molecule has 2 aromatic rings. The average molecular weight is 363 g/mol. The Balaban J connectivity index is 1.93. The van der Waals surface area contributed by atoms with E-state index in [1.807, 2.05) is 31.2 Å². The van der Waals surface area contributed by atoms with Gasteiger partial charge in [0.2, 0.25) is 15.9 Å². The van der Waals surface area contributed by atoms with E-state index in [0.717, 1.165) is 15.6 Å². The third-order valence-electron chi connectivity index (χ3n) is 3.41. The molecule has 1 amide bonds. The number of ether oxygens (including phenoxy) is 1. The van der Waals surface area contributed by atoms with Crippen molar-refractivity contribution in [2.75, 3.05) is 20.2 Å². The molecule has 0 atom stereocenters. The smallest absolute Gasteiger partial charge is 0.244 e. The summed E-state index contributed by atoms with van der Waals surface area (Å²) in [6.45, 7) is 2.47. The summed E-state index contributed by atoms with van der Waals surface area (Å²) in [6.07, 6.45) is 2.74. The number of hydrogen-bond donors (Lipinski definition) is 1. The molecule has 0 bridgehead atoms. The fourth-order valence-corrected chi connectivity index (χ4v) is 3.23. The van der Waals surface area contributed by atoms with Gasteiger partial charge < -0.3 is 10.1 Å². The monoisotopic (exact) mass is 363 g/mol. The molecule has 25 heavy (non-hydrogen) atoms. The highest BCUT2D eigenvalue weighted by atomic mass is 32.2. The number of sulfonamides is 1. The summed E-state index contributed by atoms with van der Waals surface area (Å²) < 4.78 is 31.1. The zero-order valence-corrected chi connectivity index (χ0v) is 15.0. The van der Waals surface area contributed by atoms with Crippen LogP contribution in [0.5, 0.6) is 5.75 Å². The van der Waals surface area contributed by atoms with Crippen molar-refractivity contribution in [2.24, 2.45) is 0 Å². The lowest BCUT2D eigenvalue weighted by Crippen LogP contribution is -2.38. The minimum atomic E-state index is -3.74. The Morgan fingerprint density at radius 2 is 2.08 bits per heavy atom. The second-order valence-electron chi connectivity index (χ2n) is 5.31. The van der Waals surface area contributed by atoms with E-state index in [-0.39, 0.29) is 11.4 Å². The van der Waals surface area contributed by atoms with Gasteiger partial charge in [0, 0.05) is 26.0 Å². The van der Waals surface area contributed by atoms with Crippen molar-refractivity contribution in [3.63, 3.8) is 0 Å². The molecule has 1 N–H and O–H groups in total. The molecule has 0 spiro atoms. The number of likely N-dealkylation sites (N-methyl/N-ethyl adjacent to an activating group) is 1. The average Bonchev–Trinajstić information content (AvgIpc) is 2.61. The highest BCUT2D eigenvalue weighted by Gasteiger charge is 2.22. The van der Waals surface area contributed by atoms with Crippen LogP contribution in [0.25, 0.3) is 0 Å².